The Kier molecular flexibility index (Phi) is 6.61. The fraction of sp³-hybridized carbons (Fsp3) is 0. The van der Waals surface area contributed by atoms with E-state index >= 15 is 0 Å². The first kappa shape index (κ1) is 10.7. The summed E-state index contributed by atoms with van der Waals surface area (Å²) in [6.07, 6.45) is 0. The summed E-state index contributed by atoms with van der Waals surface area (Å²) in [5.74, 6) is 0. The van der Waals surface area contributed by atoms with E-state index in [0.29, 0.717) is 0 Å². The molecule has 0 fully saturated rings. The molecule has 3 N–H and O–H groups in total. The summed E-state index contributed by atoms with van der Waals surface area (Å²) in [6, 6.07) is 0. The number of rotatable bonds is 0. The van der Waals surface area contributed by atoms with E-state index in [0.717, 1.165) is 0 Å². The van der Waals surface area contributed by atoms with Gasteiger partial charge in [-0.15, -0.1) is 0 Å². The number of phosphoric acid groups is 1. The maximum absolute atomic E-state index is 8.88. The molecular formula is H6KO4P+2. The Balaban J connectivity index is -0.0000000267. The minimum absolute atomic E-state index is 0. The zero-order chi connectivity index (χ0) is 4.50. The molecule has 6 heavy (non-hydrogen) atoms. The van der Waals surface area contributed by atoms with Crippen LogP contribution >= 0.6 is 7.82 Å². The topological polar surface area (TPSA) is 77.8 Å². The van der Waals surface area contributed by atoms with Gasteiger partial charge in [-0.3, -0.25) is 0 Å². The van der Waals surface area contributed by atoms with Crippen molar-refractivity contribution in [3.05, 3.63) is 0 Å². The second-order valence-corrected chi connectivity index (χ2v) is 1.54. The maximum atomic E-state index is 8.88. The molecule has 0 radical (unpaired) electrons. The van der Waals surface area contributed by atoms with Crippen LogP contribution in [0.4, 0.5) is 0 Å². The van der Waals surface area contributed by atoms with Gasteiger partial charge in [-0.1, -0.05) is 0 Å². The molecule has 0 aromatic heterocycles. The third kappa shape index (κ3) is 42.4. The first-order valence-electron chi connectivity index (χ1n) is 0.783. The Morgan fingerprint density at radius 1 is 1.33 bits per heavy atom. The molecule has 0 amide bonds. The Morgan fingerprint density at radius 3 is 1.33 bits per heavy atom. The van der Waals surface area contributed by atoms with Gasteiger partial charge in [0.2, 0.25) is 0 Å². The Morgan fingerprint density at radius 2 is 1.33 bits per heavy atom. The van der Waals surface area contributed by atoms with Gasteiger partial charge in [0.25, 0.3) is 0 Å². The van der Waals surface area contributed by atoms with Gasteiger partial charge < -0.3 is 14.7 Å². The van der Waals surface area contributed by atoms with E-state index in [1.54, 1.807) is 0 Å². The number of hydrogen-bond acceptors (Lipinski definition) is 1. The standard InChI is InChI=1S/K.H3O4P.H/c;1-5(2,3)4;/h;(H3,1,2,3,4);/p+2. The van der Waals surface area contributed by atoms with Crippen LogP contribution < -0.4 is 0 Å². The molecular weight excluding hydrogens is 134 g/mol. The summed E-state index contributed by atoms with van der Waals surface area (Å²) < 4.78 is 8.88. The fourth-order valence-electron chi connectivity index (χ4n) is 0. The molecule has 0 spiro atoms. The van der Waals surface area contributed by atoms with E-state index in [-0.39, 0.29) is 54.2 Å². The predicted octanol–water partition coefficient (Wildman–Crippen LogP) is -1.35. The molecule has 0 saturated heterocycles. The predicted molar refractivity (Wildman–Crippen MR) is 23.6 cm³/mol. The molecule has 0 aromatic carbocycles. The van der Waals surface area contributed by atoms with E-state index in [9.17, 15) is 0 Å². The summed E-state index contributed by atoms with van der Waals surface area (Å²) in [7, 11) is -4.64. The van der Waals surface area contributed by atoms with Crippen molar-refractivity contribution in [1.29, 1.82) is 0 Å². The van der Waals surface area contributed by atoms with Crippen molar-refractivity contribution in [3.63, 3.8) is 0 Å². The van der Waals surface area contributed by atoms with E-state index in [1.807, 2.05) is 0 Å². The zero-order valence-corrected chi connectivity index (χ0v) is 3.09. The molecule has 0 heterocycles. The summed E-state index contributed by atoms with van der Waals surface area (Å²) in [6.45, 7) is 0. The van der Waals surface area contributed by atoms with Gasteiger partial charge in [-0.25, -0.2) is 4.57 Å². The summed E-state index contributed by atoms with van der Waals surface area (Å²) in [5.41, 5.74) is 0. The molecule has 0 saturated carbocycles. The van der Waals surface area contributed by atoms with Crippen LogP contribution in [0.3, 0.4) is 0 Å². The minimum atomic E-state index is -4.64. The molecule has 4 nitrogen and oxygen atoms in total. The van der Waals surface area contributed by atoms with Gasteiger partial charge >= 0.3 is 62.1 Å². The average Bonchev–Trinajstić information content (AvgIpc) is 0.722. The zero-order valence-electron chi connectivity index (χ0n) is 4.20. The van der Waals surface area contributed by atoms with Crippen molar-refractivity contribution in [2.75, 3.05) is 0 Å². The molecule has 0 aliphatic rings. The third-order valence-electron chi connectivity index (χ3n) is 0. The van der Waals surface area contributed by atoms with Crippen molar-refractivity contribution >= 4 is 59.2 Å². The van der Waals surface area contributed by atoms with Crippen LogP contribution in [-0.2, 0) is 4.57 Å². The van der Waals surface area contributed by atoms with E-state index < -0.39 is 7.82 Å². The summed E-state index contributed by atoms with van der Waals surface area (Å²) >= 11 is 0. The molecule has 0 bridgehead atoms. The van der Waals surface area contributed by atoms with Crippen molar-refractivity contribution in [2.24, 2.45) is 0 Å². The molecule has 0 aliphatic carbocycles. The van der Waals surface area contributed by atoms with Crippen molar-refractivity contribution in [3.8, 4) is 0 Å². The second-order valence-electron chi connectivity index (χ2n) is 0.513. The van der Waals surface area contributed by atoms with Gasteiger partial charge in [-0.05, 0) is 0 Å². The molecule has 0 aliphatic heterocycles. The van der Waals surface area contributed by atoms with E-state index in [2.05, 4.69) is 0 Å². The summed E-state index contributed by atoms with van der Waals surface area (Å²) in [5, 5.41) is 0. The first-order chi connectivity index (χ1) is 2.00. The fourth-order valence-corrected chi connectivity index (χ4v) is 0. The van der Waals surface area contributed by atoms with Gasteiger partial charge in [0.15, 0.2) is 0 Å². The van der Waals surface area contributed by atoms with Crippen LogP contribution in [0.5, 0.6) is 0 Å². The third-order valence-corrected chi connectivity index (χ3v) is 0. The molecule has 0 rings (SSSR count). The Bertz CT molecular complexity index is 60.2. The van der Waals surface area contributed by atoms with Crippen molar-refractivity contribution in [2.45, 2.75) is 0 Å². The van der Waals surface area contributed by atoms with E-state index in [4.69, 9.17) is 19.2 Å². The van der Waals surface area contributed by atoms with Crippen LogP contribution in [0.15, 0.2) is 0 Å². The monoisotopic (exact) mass is 140 g/mol. The van der Waals surface area contributed by atoms with Crippen LogP contribution in [-0.4, -0.2) is 66.1 Å². The van der Waals surface area contributed by atoms with Crippen LogP contribution in [0, 0.1) is 0 Å². The quantitative estimate of drug-likeness (QED) is 0.287. The second kappa shape index (κ2) is 3.71. The first-order valence-corrected chi connectivity index (χ1v) is 2.35. The molecule has 0 unspecified atom stereocenters. The van der Waals surface area contributed by atoms with Gasteiger partial charge in [0.05, 0.1) is 0 Å². The SMILES string of the molecule is O=P(O)(O)O.[H+].[H+].[KH]. The van der Waals surface area contributed by atoms with E-state index in [1.165, 1.54) is 0 Å². The Hall–Kier alpha value is 1.75. The molecule has 34 valence electrons. The van der Waals surface area contributed by atoms with Crippen molar-refractivity contribution < 1.29 is 22.1 Å². The van der Waals surface area contributed by atoms with Gasteiger partial charge in [0, 0.05) is 0 Å². The van der Waals surface area contributed by atoms with Crippen LogP contribution in [0.1, 0.15) is 2.85 Å². The van der Waals surface area contributed by atoms with Crippen molar-refractivity contribution in [1.82, 2.24) is 0 Å². The normalized spacial score (nSPS) is 9.83. The van der Waals surface area contributed by atoms with Crippen LogP contribution in [0.25, 0.3) is 0 Å². The van der Waals surface area contributed by atoms with Gasteiger partial charge in [-0.2, -0.15) is 0 Å². The molecule has 0 atom stereocenters. The summed E-state index contributed by atoms with van der Waals surface area (Å²) in [4.78, 5) is 21.6. The molecule has 0 aromatic rings. The Labute approximate surface area is 80.2 Å². The molecule has 6 heteroatoms. The average molecular weight is 140 g/mol. The van der Waals surface area contributed by atoms with Gasteiger partial charge in [0.1, 0.15) is 0 Å². The van der Waals surface area contributed by atoms with Crippen LogP contribution in [0.2, 0.25) is 0 Å². The number of hydrogen-bond donors (Lipinski definition) is 3.